The summed E-state index contributed by atoms with van der Waals surface area (Å²) >= 11 is 12.0. The van der Waals surface area contributed by atoms with Gasteiger partial charge < -0.3 is 9.72 Å². The molecule has 1 heterocycles. The van der Waals surface area contributed by atoms with Crippen molar-refractivity contribution < 1.29 is 9.53 Å². The first-order valence-electron chi connectivity index (χ1n) is 7.69. The Labute approximate surface area is 155 Å². The van der Waals surface area contributed by atoms with E-state index in [-0.39, 0.29) is 0 Å². The van der Waals surface area contributed by atoms with Gasteiger partial charge in [0.15, 0.2) is 6.04 Å². The van der Waals surface area contributed by atoms with Crippen LogP contribution in [0.2, 0.25) is 10.0 Å². The standard InChI is InChI=1S/C19H16Cl2N2O2/c1-25-19(24)18(23-10-12-6-7-14(20)9-16(12)21)8-13-11-22-17-5-3-2-4-15(13)17/h2-7,9-11,18,22H,8H2,1H3/t18-/m0/s1. The fraction of sp³-hybridized carbons (Fsp3) is 0.158. The predicted octanol–water partition coefficient (Wildman–Crippen LogP) is 4.68. The molecule has 6 heteroatoms. The van der Waals surface area contributed by atoms with Crippen LogP contribution in [0.5, 0.6) is 0 Å². The molecule has 0 fully saturated rings. The highest BCUT2D eigenvalue weighted by Gasteiger charge is 2.20. The number of H-pyrrole nitrogens is 1. The summed E-state index contributed by atoms with van der Waals surface area (Å²) in [7, 11) is 1.36. The summed E-state index contributed by atoms with van der Waals surface area (Å²) in [4.78, 5) is 19.7. The second-order valence-corrected chi connectivity index (χ2v) is 6.39. The van der Waals surface area contributed by atoms with Gasteiger partial charge in [-0.05, 0) is 23.8 Å². The average Bonchev–Trinajstić information content (AvgIpc) is 3.02. The molecule has 0 bridgehead atoms. The Morgan fingerprint density at radius 1 is 1.28 bits per heavy atom. The van der Waals surface area contributed by atoms with E-state index in [1.54, 1.807) is 24.4 Å². The average molecular weight is 375 g/mol. The number of aliphatic imine (C=N–C) groups is 1. The topological polar surface area (TPSA) is 54.5 Å². The van der Waals surface area contributed by atoms with Gasteiger partial charge in [-0.2, -0.15) is 0 Å². The number of hydrogen-bond donors (Lipinski definition) is 1. The van der Waals surface area contributed by atoms with E-state index in [1.165, 1.54) is 7.11 Å². The van der Waals surface area contributed by atoms with Gasteiger partial charge in [-0.25, -0.2) is 4.79 Å². The first kappa shape index (κ1) is 17.5. The first-order valence-corrected chi connectivity index (χ1v) is 8.45. The zero-order valence-electron chi connectivity index (χ0n) is 13.5. The van der Waals surface area contributed by atoms with Gasteiger partial charge in [0.1, 0.15) is 0 Å². The number of hydrogen-bond acceptors (Lipinski definition) is 3. The SMILES string of the molecule is COC(=O)[C@H](Cc1c[nH]c2ccccc12)N=Cc1ccc(Cl)cc1Cl. The van der Waals surface area contributed by atoms with Crippen molar-refractivity contribution in [2.45, 2.75) is 12.5 Å². The van der Waals surface area contributed by atoms with Gasteiger partial charge in [0.2, 0.25) is 0 Å². The summed E-state index contributed by atoms with van der Waals surface area (Å²) in [6.45, 7) is 0. The third-order valence-electron chi connectivity index (χ3n) is 3.92. The number of ether oxygens (including phenoxy) is 1. The van der Waals surface area contributed by atoms with E-state index in [1.807, 2.05) is 30.5 Å². The Kier molecular flexibility index (Phi) is 5.41. The number of benzene rings is 2. The monoisotopic (exact) mass is 374 g/mol. The maximum Gasteiger partial charge on any atom is 0.330 e. The van der Waals surface area contributed by atoms with E-state index >= 15 is 0 Å². The Morgan fingerprint density at radius 3 is 2.84 bits per heavy atom. The number of nitrogens with one attached hydrogen (secondary N) is 1. The molecule has 25 heavy (non-hydrogen) atoms. The van der Waals surface area contributed by atoms with E-state index in [2.05, 4.69) is 9.98 Å². The molecule has 0 spiro atoms. The number of aromatic nitrogens is 1. The number of halogens is 2. The van der Waals surface area contributed by atoms with Crippen molar-refractivity contribution >= 4 is 46.3 Å². The van der Waals surface area contributed by atoms with Crippen LogP contribution in [0.4, 0.5) is 0 Å². The van der Waals surface area contributed by atoms with Gasteiger partial charge in [-0.15, -0.1) is 0 Å². The smallest absolute Gasteiger partial charge is 0.330 e. The molecule has 1 atom stereocenters. The van der Waals surface area contributed by atoms with Crippen LogP contribution in [0.1, 0.15) is 11.1 Å². The van der Waals surface area contributed by atoms with Gasteiger partial charge in [-0.3, -0.25) is 4.99 Å². The third kappa shape index (κ3) is 4.03. The fourth-order valence-electron chi connectivity index (χ4n) is 2.62. The lowest BCUT2D eigenvalue weighted by Gasteiger charge is -2.10. The molecule has 1 aromatic heterocycles. The molecule has 3 rings (SSSR count). The molecule has 0 radical (unpaired) electrons. The highest BCUT2D eigenvalue weighted by Crippen LogP contribution is 2.22. The first-order chi connectivity index (χ1) is 12.1. The van der Waals surface area contributed by atoms with Crippen molar-refractivity contribution in [3.8, 4) is 0 Å². The third-order valence-corrected chi connectivity index (χ3v) is 4.48. The van der Waals surface area contributed by atoms with Crippen molar-refractivity contribution in [1.82, 2.24) is 4.98 Å². The Morgan fingerprint density at radius 2 is 2.08 bits per heavy atom. The number of aromatic amines is 1. The van der Waals surface area contributed by atoms with Crippen LogP contribution in [0.25, 0.3) is 10.9 Å². The minimum atomic E-state index is -0.657. The Hall–Kier alpha value is -2.30. The molecular formula is C19H16Cl2N2O2. The molecule has 0 saturated heterocycles. The summed E-state index contributed by atoms with van der Waals surface area (Å²) in [5, 5.41) is 2.09. The zero-order valence-corrected chi connectivity index (χ0v) is 15.0. The van der Waals surface area contributed by atoms with Gasteiger partial charge >= 0.3 is 5.97 Å². The quantitative estimate of drug-likeness (QED) is 0.520. The number of carbonyl (C=O) groups is 1. The lowest BCUT2D eigenvalue weighted by Crippen LogP contribution is -2.23. The summed E-state index contributed by atoms with van der Waals surface area (Å²) in [5.74, 6) is -0.397. The van der Waals surface area contributed by atoms with Crippen LogP contribution in [0.15, 0.2) is 53.7 Å². The van der Waals surface area contributed by atoms with Crippen LogP contribution in [-0.2, 0) is 16.0 Å². The molecule has 0 aliphatic heterocycles. The minimum absolute atomic E-state index is 0.397. The number of nitrogens with zero attached hydrogens (tertiary/aromatic N) is 1. The van der Waals surface area contributed by atoms with Crippen molar-refractivity contribution in [3.63, 3.8) is 0 Å². The number of methoxy groups -OCH3 is 1. The molecule has 0 aliphatic carbocycles. The summed E-state index contributed by atoms with van der Waals surface area (Å²) in [5.41, 5.74) is 2.72. The van der Waals surface area contributed by atoms with Crippen LogP contribution in [0, 0.1) is 0 Å². The zero-order chi connectivity index (χ0) is 17.8. The maximum atomic E-state index is 12.1. The van der Waals surface area contributed by atoms with Crippen molar-refractivity contribution in [1.29, 1.82) is 0 Å². The lowest BCUT2D eigenvalue weighted by atomic mass is 10.1. The molecule has 0 aliphatic rings. The number of para-hydroxylation sites is 1. The molecule has 128 valence electrons. The Bertz CT molecular complexity index is 934. The van der Waals surface area contributed by atoms with Gasteiger partial charge in [0.05, 0.1) is 12.1 Å². The lowest BCUT2D eigenvalue weighted by molar-refractivity contribution is -0.142. The van der Waals surface area contributed by atoms with E-state index in [4.69, 9.17) is 27.9 Å². The van der Waals surface area contributed by atoms with Crippen LogP contribution >= 0.6 is 23.2 Å². The molecule has 0 saturated carbocycles. The summed E-state index contributed by atoms with van der Waals surface area (Å²) < 4.78 is 4.89. The largest absolute Gasteiger partial charge is 0.467 e. The second kappa shape index (κ2) is 7.72. The molecule has 2 aromatic carbocycles. The second-order valence-electron chi connectivity index (χ2n) is 5.55. The number of esters is 1. The molecule has 3 aromatic rings. The highest BCUT2D eigenvalue weighted by atomic mass is 35.5. The number of carbonyl (C=O) groups excluding carboxylic acids is 1. The van der Waals surface area contributed by atoms with Gasteiger partial charge in [0.25, 0.3) is 0 Å². The van der Waals surface area contributed by atoms with Gasteiger partial charge in [-0.1, -0.05) is 47.5 Å². The van der Waals surface area contributed by atoms with E-state index in [9.17, 15) is 4.79 Å². The Balaban J connectivity index is 1.87. The molecule has 4 nitrogen and oxygen atoms in total. The van der Waals surface area contributed by atoms with E-state index in [0.29, 0.717) is 22.0 Å². The minimum Gasteiger partial charge on any atom is -0.467 e. The summed E-state index contributed by atoms with van der Waals surface area (Å²) in [6.07, 6.45) is 3.90. The number of fused-ring (bicyclic) bond motifs is 1. The fourth-order valence-corrected chi connectivity index (χ4v) is 3.08. The molecule has 1 N–H and O–H groups in total. The molecule has 0 amide bonds. The maximum absolute atomic E-state index is 12.1. The summed E-state index contributed by atoms with van der Waals surface area (Å²) in [6, 6.07) is 12.4. The van der Waals surface area contributed by atoms with E-state index in [0.717, 1.165) is 16.5 Å². The number of rotatable bonds is 5. The van der Waals surface area contributed by atoms with Crippen molar-refractivity contribution in [2.75, 3.05) is 7.11 Å². The van der Waals surface area contributed by atoms with Gasteiger partial charge in [0, 0.05) is 40.3 Å². The van der Waals surface area contributed by atoms with Crippen molar-refractivity contribution in [3.05, 3.63) is 69.8 Å². The highest BCUT2D eigenvalue weighted by molar-refractivity contribution is 6.36. The van der Waals surface area contributed by atoms with Crippen LogP contribution in [-0.4, -0.2) is 30.3 Å². The molecule has 0 unspecified atom stereocenters. The predicted molar refractivity (Wildman–Crippen MR) is 102 cm³/mol. The van der Waals surface area contributed by atoms with Crippen LogP contribution < -0.4 is 0 Å². The normalized spacial score (nSPS) is 12.6. The van der Waals surface area contributed by atoms with Crippen molar-refractivity contribution in [2.24, 2.45) is 4.99 Å². The van der Waals surface area contributed by atoms with E-state index < -0.39 is 12.0 Å². The molecular weight excluding hydrogens is 359 g/mol. The van der Waals surface area contributed by atoms with Crippen LogP contribution in [0.3, 0.4) is 0 Å².